The van der Waals surface area contributed by atoms with Crippen LogP contribution in [0.3, 0.4) is 0 Å². The van der Waals surface area contributed by atoms with Gasteiger partial charge in [-0.2, -0.15) is 5.10 Å². The van der Waals surface area contributed by atoms with Crippen LogP contribution in [0.5, 0.6) is 0 Å². The van der Waals surface area contributed by atoms with Gasteiger partial charge < -0.3 is 5.32 Å². The van der Waals surface area contributed by atoms with E-state index in [9.17, 15) is 4.79 Å². The normalized spacial score (nSPS) is 10.8. The molecule has 6 heteroatoms. The number of aromatic nitrogens is 3. The molecule has 0 atom stereocenters. The van der Waals surface area contributed by atoms with Gasteiger partial charge in [0.15, 0.2) is 0 Å². The SMILES string of the molecule is Cc1ccnn1-c1cccc(NC(=O)c2cc3ccccc3c(Cl)n2)c1. The zero-order valence-corrected chi connectivity index (χ0v) is 14.7. The van der Waals surface area contributed by atoms with Crippen LogP contribution in [0, 0.1) is 6.92 Å². The fraction of sp³-hybridized carbons (Fsp3) is 0.0500. The zero-order valence-electron chi connectivity index (χ0n) is 14.0. The second-order valence-electron chi connectivity index (χ2n) is 5.91. The molecule has 0 bridgehead atoms. The van der Waals surface area contributed by atoms with Crippen molar-refractivity contribution in [1.82, 2.24) is 14.8 Å². The Kier molecular flexibility index (Phi) is 4.14. The minimum Gasteiger partial charge on any atom is -0.321 e. The van der Waals surface area contributed by atoms with Crippen LogP contribution in [0.1, 0.15) is 16.2 Å². The number of nitrogens with zero attached hydrogens (tertiary/aromatic N) is 3. The highest BCUT2D eigenvalue weighted by atomic mass is 35.5. The van der Waals surface area contributed by atoms with E-state index in [2.05, 4.69) is 15.4 Å². The summed E-state index contributed by atoms with van der Waals surface area (Å²) in [5, 5.41) is 9.16. The van der Waals surface area contributed by atoms with Gasteiger partial charge in [0.2, 0.25) is 0 Å². The first-order valence-corrected chi connectivity index (χ1v) is 8.47. The Morgan fingerprint density at radius 3 is 2.73 bits per heavy atom. The lowest BCUT2D eigenvalue weighted by Crippen LogP contribution is -2.14. The Morgan fingerprint density at radius 2 is 1.92 bits per heavy atom. The molecule has 1 amide bonds. The van der Waals surface area contributed by atoms with E-state index in [4.69, 9.17) is 11.6 Å². The number of hydrogen-bond acceptors (Lipinski definition) is 3. The molecule has 0 aliphatic carbocycles. The number of halogens is 1. The van der Waals surface area contributed by atoms with Crippen molar-refractivity contribution in [2.75, 3.05) is 5.32 Å². The second-order valence-corrected chi connectivity index (χ2v) is 6.27. The minimum atomic E-state index is -0.313. The maximum atomic E-state index is 12.6. The lowest BCUT2D eigenvalue weighted by molar-refractivity contribution is 0.102. The number of anilines is 1. The van der Waals surface area contributed by atoms with Crippen LogP contribution in [0.15, 0.2) is 66.9 Å². The Morgan fingerprint density at radius 1 is 1.08 bits per heavy atom. The van der Waals surface area contributed by atoms with Gasteiger partial charge in [0.25, 0.3) is 5.91 Å². The fourth-order valence-corrected chi connectivity index (χ4v) is 3.09. The summed E-state index contributed by atoms with van der Waals surface area (Å²) in [6, 6.07) is 18.7. The molecule has 0 saturated heterocycles. The van der Waals surface area contributed by atoms with Gasteiger partial charge >= 0.3 is 0 Å². The molecule has 128 valence electrons. The third kappa shape index (κ3) is 3.05. The van der Waals surface area contributed by atoms with E-state index in [-0.39, 0.29) is 11.6 Å². The van der Waals surface area contributed by atoms with Crippen LogP contribution in [-0.4, -0.2) is 20.7 Å². The molecular formula is C20H15ClN4O. The summed E-state index contributed by atoms with van der Waals surface area (Å²) < 4.78 is 1.81. The monoisotopic (exact) mass is 362 g/mol. The Bertz CT molecular complexity index is 1120. The third-order valence-electron chi connectivity index (χ3n) is 4.11. The van der Waals surface area contributed by atoms with E-state index in [0.717, 1.165) is 22.2 Å². The molecule has 2 aromatic heterocycles. The number of fused-ring (bicyclic) bond motifs is 1. The minimum absolute atomic E-state index is 0.273. The maximum absolute atomic E-state index is 12.6. The lowest BCUT2D eigenvalue weighted by atomic mass is 10.1. The van der Waals surface area contributed by atoms with Crippen LogP contribution in [0.4, 0.5) is 5.69 Å². The Hall–Kier alpha value is -3.18. The van der Waals surface area contributed by atoms with E-state index in [1.54, 1.807) is 16.9 Å². The molecule has 0 saturated carbocycles. The average molecular weight is 363 g/mol. The number of hydrogen-bond donors (Lipinski definition) is 1. The molecule has 0 aliphatic heterocycles. The molecule has 0 spiro atoms. The van der Waals surface area contributed by atoms with Gasteiger partial charge in [-0.3, -0.25) is 4.79 Å². The van der Waals surface area contributed by atoms with E-state index in [1.807, 2.05) is 61.5 Å². The van der Waals surface area contributed by atoms with Crippen molar-refractivity contribution in [3.05, 3.63) is 83.4 Å². The highest BCUT2D eigenvalue weighted by Gasteiger charge is 2.12. The van der Waals surface area contributed by atoms with Crippen LogP contribution in [-0.2, 0) is 0 Å². The molecule has 4 aromatic rings. The third-order valence-corrected chi connectivity index (χ3v) is 4.40. The van der Waals surface area contributed by atoms with Gasteiger partial charge in [-0.15, -0.1) is 0 Å². The highest BCUT2D eigenvalue weighted by molar-refractivity contribution is 6.34. The number of amides is 1. The molecule has 2 heterocycles. The molecule has 5 nitrogen and oxygen atoms in total. The number of carbonyl (C=O) groups excluding carboxylic acids is 1. The Balaban J connectivity index is 1.64. The van der Waals surface area contributed by atoms with E-state index >= 15 is 0 Å². The summed E-state index contributed by atoms with van der Waals surface area (Å²) in [5.74, 6) is -0.313. The molecule has 4 rings (SSSR count). The van der Waals surface area contributed by atoms with Crippen LogP contribution < -0.4 is 5.32 Å². The number of benzene rings is 2. The number of aryl methyl sites for hydroxylation is 1. The van der Waals surface area contributed by atoms with Crippen LogP contribution in [0.25, 0.3) is 16.5 Å². The quantitative estimate of drug-likeness (QED) is 0.540. The largest absolute Gasteiger partial charge is 0.321 e. The van der Waals surface area contributed by atoms with E-state index < -0.39 is 0 Å². The lowest BCUT2D eigenvalue weighted by Gasteiger charge is -2.09. The summed E-state index contributed by atoms with van der Waals surface area (Å²) in [5.41, 5.74) is 2.81. The topological polar surface area (TPSA) is 59.8 Å². The van der Waals surface area contributed by atoms with Crippen molar-refractivity contribution in [2.45, 2.75) is 6.92 Å². The van der Waals surface area contributed by atoms with Gasteiger partial charge in [-0.25, -0.2) is 9.67 Å². The first kappa shape index (κ1) is 16.3. The Labute approximate surface area is 155 Å². The highest BCUT2D eigenvalue weighted by Crippen LogP contribution is 2.23. The van der Waals surface area contributed by atoms with Crippen LogP contribution >= 0.6 is 11.6 Å². The fourth-order valence-electron chi connectivity index (χ4n) is 2.82. The first-order chi connectivity index (χ1) is 12.6. The average Bonchev–Trinajstić information content (AvgIpc) is 3.08. The van der Waals surface area contributed by atoms with Crippen molar-refractivity contribution in [2.24, 2.45) is 0 Å². The smallest absolute Gasteiger partial charge is 0.274 e. The molecule has 0 radical (unpaired) electrons. The van der Waals surface area contributed by atoms with Crippen molar-refractivity contribution < 1.29 is 4.79 Å². The molecule has 0 fully saturated rings. The molecule has 0 aliphatic rings. The number of carbonyl (C=O) groups is 1. The molecular weight excluding hydrogens is 348 g/mol. The van der Waals surface area contributed by atoms with Gasteiger partial charge in [0, 0.05) is 23.0 Å². The zero-order chi connectivity index (χ0) is 18.1. The molecule has 1 N–H and O–H groups in total. The van der Waals surface area contributed by atoms with Gasteiger partial charge in [0.05, 0.1) is 5.69 Å². The summed E-state index contributed by atoms with van der Waals surface area (Å²) in [7, 11) is 0. The number of nitrogens with one attached hydrogen (secondary N) is 1. The van der Waals surface area contributed by atoms with Crippen molar-refractivity contribution in [1.29, 1.82) is 0 Å². The van der Waals surface area contributed by atoms with Crippen LogP contribution in [0.2, 0.25) is 5.15 Å². The predicted molar refractivity (Wildman–Crippen MR) is 103 cm³/mol. The van der Waals surface area contributed by atoms with Crippen molar-refractivity contribution in [3.63, 3.8) is 0 Å². The van der Waals surface area contributed by atoms with Gasteiger partial charge in [-0.05, 0) is 42.6 Å². The van der Waals surface area contributed by atoms with Crippen molar-refractivity contribution in [3.8, 4) is 5.69 Å². The molecule has 26 heavy (non-hydrogen) atoms. The summed E-state index contributed by atoms with van der Waals surface area (Å²) in [6.45, 7) is 1.97. The van der Waals surface area contributed by atoms with Gasteiger partial charge in [0.1, 0.15) is 10.8 Å². The summed E-state index contributed by atoms with van der Waals surface area (Å²) in [6.07, 6.45) is 1.74. The van der Waals surface area contributed by atoms with E-state index in [0.29, 0.717) is 10.8 Å². The molecule has 0 unspecified atom stereocenters. The van der Waals surface area contributed by atoms with Crippen molar-refractivity contribution >= 4 is 34.0 Å². The van der Waals surface area contributed by atoms with E-state index in [1.165, 1.54) is 0 Å². The standard InChI is InChI=1S/C20H15ClN4O/c1-13-9-10-22-25(13)16-7-4-6-15(12-16)23-20(26)18-11-14-5-2-3-8-17(14)19(21)24-18/h2-12H,1H3,(H,23,26). The number of pyridine rings is 1. The number of rotatable bonds is 3. The molecule has 2 aromatic carbocycles. The first-order valence-electron chi connectivity index (χ1n) is 8.09. The summed E-state index contributed by atoms with van der Waals surface area (Å²) >= 11 is 6.22. The predicted octanol–water partition coefficient (Wildman–Crippen LogP) is 4.63. The maximum Gasteiger partial charge on any atom is 0.274 e. The second kappa shape index (κ2) is 6.61. The summed E-state index contributed by atoms with van der Waals surface area (Å²) in [4.78, 5) is 16.8. The van der Waals surface area contributed by atoms with Gasteiger partial charge in [-0.1, -0.05) is 41.9 Å².